The van der Waals surface area contributed by atoms with E-state index in [1.54, 1.807) is 6.92 Å². The van der Waals surface area contributed by atoms with Crippen LogP contribution in [0.15, 0.2) is 0 Å². The van der Waals surface area contributed by atoms with Crippen molar-refractivity contribution >= 4 is 71.0 Å². The highest BCUT2D eigenvalue weighted by atomic mass is 32.2. The fraction of sp³-hybridized carbons (Fsp3) is 0.784. The van der Waals surface area contributed by atoms with Crippen LogP contribution in [-0.2, 0) is 33.6 Å². The Morgan fingerprint density at radius 2 is 1.07 bits per heavy atom. The van der Waals surface area contributed by atoms with E-state index in [1.165, 1.54) is 0 Å². The van der Waals surface area contributed by atoms with Crippen molar-refractivity contribution in [1.82, 2.24) is 37.0 Å². The second kappa shape index (κ2) is 23.5. The zero-order chi connectivity index (χ0) is 39.6. The first kappa shape index (κ1) is 44.2. The van der Waals surface area contributed by atoms with Gasteiger partial charge in [0.1, 0.15) is 5.78 Å². The maximum atomic E-state index is 11.9. The molecule has 0 aromatic rings. The van der Waals surface area contributed by atoms with Gasteiger partial charge in [0.15, 0.2) is 0 Å². The van der Waals surface area contributed by atoms with Crippen LogP contribution in [0.3, 0.4) is 0 Å². The van der Waals surface area contributed by atoms with Crippen LogP contribution in [-0.4, -0.2) is 112 Å². The second-order valence-electron chi connectivity index (χ2n) is 14.8. The summed E-state index contributed by atoms with van der Waals surface area (Å²) in [6.07, 6.45) is 12.6. The first-order valence-corrected chi connectivity index (χ1v) is 22.1. The molecule has 0 aliphatic carbocycles. The molecular formula is C37H59N7O9S2. The van der Waals surface area contributed by atoms with Gasteiger partial charge in [-0.3, -0.25) is 19.2 Å². The molecule has 18 heteroatoms. The van der Waals surface area contributed by atoms with Crippen LogP contribution < -0.4 is 31.9 Å². The Kier molecular flexibility index (Phi) is 18.9. The molecule has 308 valence electrons. The van der Waals surface area contributed by atoms with Gasteiger partial charge in [-0.2, -0.15) is 23.5 Å². The largest absolute Gasteiger partial charge is 0.356 e. The Bertz CT molecular complexity index is 1360. The number of hydrogen-bond acceptors (Lipinski definition) is 11. The smallest absolute Gasteiger partial charge is 0.333 e. The molecule has 5 aliphatic rings. The molecule has 5 aliphatic heterocycles. The van der Waals surface area contributed by atoms with Crippen molar-refractivity contribution in [1.29, 1.82) is 0 Å². The van der Waals surface area contributed by atoms with Gasteiger partial charge in [0.2, 0.25) is 11.8 Å². The van der Waals surface area contributed by atoms with Crippen LogP contribution in [0.2, 0.25) is 0 Å². The van der Waals surface area contributed by atoms with Crippen molar-refractivity contribution in [3.05, 3.63) is 0 Å². The monoisotopic (exact) mass is 809 g/mol. The van der Waals surface area contributed by atoms with E-state index >= 15 is 0 Å². The molecule has 0 aromatic carbocycles. The van der Waals surface area contributed by atoms with Gasteiger partial charge in [-0.15, -0.1) is 5.06 Å². The summed E-state index contributed by atoms with van der Waals surface area (Å²) >= 11 is 3.80. The van der Waals surface area contributed by atoms with E-state index in [1.807, 2.05) is 23.5 Å². The molecule has 0 bridgehead atoms. The summed E-state index contributed by atoms with van der Waals surface area (Å²) in [4.78, 5) is 96.5. The number of Topliss-reactive ketones (excluding diaryl/α,β-unsaturated/α-hetero) is 1. The summed E-state index contributed by atoms with van der Waals surface area (Å²) in [7, 11) is 0. The van der Waals surface area contributed by atoms with Gasteiger partial charge in [0, 0.05) is 73.6 Å². The molecule has 5 heterocycles. The number of nitrogens with one attached hydrogen (secondary N) is 6. The third-order valence-electron chi connectivity index (χ3n) is 10.3. The van der Waals surface area contributed by atoms with Crippen molar-refractivity contribution in [2.45, 2.75) is 157 Å². The standard InChI is InChI=1S/C20H30N4O6S.C17H29N3O3S/c25-15(7-4-3-6-14-19-13(12-31-14)22-20(29)23-19)21-11-5-1-2-8-18(28)30-24-16(26)9-10-17(24)27;1-12(21)7-3-2-6-10-18-15(22)9-5-4-8-14-16-13(11-24-14)19-17(23)20-16/h13-14,19H,1-12H2,(H,21,25)(H2,22,23,29);13-14,16H,2-11H2,1H3,(H,18,22)(H2,19,20,23). The number of nitrogens with zero attached hydrogens (tertiary/aromatic N) is 1. The summed E-state index contributed by atoms with van der Waals surface area (Å²) in [6.45, 7) is 2.87. The minimum Gasteiger partial charge on any atom is -0.356 e. The summed E-state index contributed by atoms with van der Waals surface area (Å²) < 4.78 is 0. The van der Waals surface area contributed by atoms with Gasteiger partial charge >= 0.3 is 18.0 Å². The number of thioether (sulfide) groups is 2. The van der Waals surface area contributed by atoms with Crippen LogP contribution in [0.1, 0.15) is 122 Å². The predicted molar refractivity (Wildman–Crippen MR) is 209 cm³/mol. The minimum absolute atomic E-state index is 0.0262. The number of rotatable bonds is 23. The number of amides is 8. The number of carbonyl (C=O) groups excluding carboxylic acids is 8. The highest BCUT2D eigenvalue weighted by molar-refractivity contribution is 8.00. The van der Waals surface area contributed by atoms with Crippen molar-refractivity contribution in [2.24, 2.45) is 0 Å². The van der Waals surface area contributed by atoms with Crippen LogP contribution in [0, 0.1) is 0 Å². The fourth-order valence-electron chi connectivity index (χ4n) is 7.23. The predicted octanol–water partition coefficient (Wildman–Crippen LogP) is 2.97. The van der Waals surface area contributed by atoms with E-state index in [-0.39, 0.29) is 73.1 Å². The minimum atomic E-state index is -0.590. The molecule has 6 N–H and O–H groups in total. The number of imide groups is 1. The molecule has 0 spiro atoms. The number of urea groups is 2. The summed E-state index contributed by atoms with van der Waals surface area (Å²) in [6, 6.07) is 0.856. The molecule has 5 saturated heterocycles. The molecule has 0 saturated carbocycles. The quantitative estimate of drug-likeness (QED) is 0.0501. The average Bonchev–Trinajstić information content (AvgIpc) is 3.96. The first-order valence-electron chi connectivity index (χ1n) is 20.0. The van der Waals surface area contributed by atoms with Crippen molar-refractivity contribution in [2.75, 3.05) is 24.6 Å². The molecule has 0 radical (unpaired) electrons. The lowest BCUT2D eigenvalue weighted by atomic mass is 10.0. The number of unbranched alkanes of at least 4 members (excludes halogenated alkanes) is 6. The van der Waals surface area contributed by atoms with Crippen molar-refractivity contribution in [3.63, 3.8) is 0 Å². The van der Waals surface area contributed by atoms with E-state index in [0.717, 1.165) is 82.1 Å². The lowest BCUT2D eigenvalue weighted by Gasteiger charge is -2.16. The molecule has 0 aromatic heterocycles. The zero-order valence-corrected chi connectivity index (χ0v) is 33.6. The Morgan fingerprint density at radius 3 is 1.55 bits per heavy atom. The molecular weight excluding hydrogens is 751 g/mol. The van der Waals surface area contributed by atoms with Gasteiger partial charge in [0.05, 0.1) is 24.2 Å². The van der Waals surface area contributed by atoms with Crippen molar-refractivity contribution < 1.29 is 43.2 Å². The number of fused-ring (bicyclic) bond motifs is 2. The van der Waals surface area contributed by atoms with E-state index < -0.39 is 17.8 Å². The van der Waals surface area contributed by atoms with Gasteiger partial charge in [0.25, 0.3) is 11.8 Å². The van der Waals surface area contributed by atoms with Gasteiger partial charge < -0.3 is 41.5 Å². The van der Waals surface area contributed by atoms with Crippen molar-refractivity contribution in [3.8, 4) is 0 Å². The van der Waals surface area contributed by atoms with Gasteiger partial charge in [-0.05, 0) is 58.3 Å². The van der Waals surface area contributed by atoms with Crippen LogP contribution >= 0.6 is 23.5 Å². The number of ketones is 1. The Hall–Kier alpha value is -3.54. The first-order chi connectivity index (χ1) is 26.5. The average molecular weight is 810 g/mol. The second-order valence-corrected chi connectivity index (χ2v) is 17.3. The van der Waals surface area contributed by atoms with Gasteiger partial charge in [-0.1, -0.05) is 25.7 Å². The maximum absolute atomic E-state index is 11.9. The lowest BCUT2D eigenvalue weighted by molar-refractivity contribution is -0.197. The summed E-state index contributed by atoms with van der Waals surface area (Å²) in [5, 5.41) is 19.1. The molecule has 5 rings (SSSR count). The third-order valence-corrected chi connectivity index (χ3v) is 13.3. The van der Waals surface area contributed by atoms with Gasteiger partial charge in [-0.25, -0.2) is 14.4 Å². The number of hydrogen-bond donors (Lipinski definition) is 6. The van der Waals surface area contributed by atoms with Crippen LogP contribution in [0.4, 0.5) is 9.59 Å². The Balaban J connectivity index is 0.000000253. The highest BCUT2D eigenvalue weighted by Crippen LogP contribution is 2.34. The number of carbonyl (C=O) groups is 8. The van der Waals surface area contributed by atoms with E-state index in [4.69, 9.17) is 4.84 Å². The van der Waals surface area contributed by atoms with Crippen LogP contribution in [0.25, 0.3) is 0 Å². The fourth-order valence-corrected chi connectivity index (χ4v) is 10.3. The summed E-state index contributed by atoms with van der Waals surface area (Å²) in [5.74, 6) is 0.765. The maximum Gasteiger partial charge on any atom is 0.333 e. The van der Waals surface area contributed by atoms with E-state index in [2.05, 4.69) is 31.9 Å². The van der Waals surface area contributed by atoms with Crippen LogP contribution in [0.5, 0.6) is 0 Å². The van der Waals surface area contributed by atoms with E-state index in [0.29, 0.717) is 54.3 Å². The SMILES string of the molecule is CC(=O)CCCCCNC(=O)CCCCC1SCC2NC(=O)NC21.O=C(CCCCC1SCC2NC(=O)NC21)NCCCCCC(=O)ON1C(=O)CCC1=O. The summed E-state index contributed by atoms with van der Waals surface area (Å²) in [5.41, 5.74) is 0. The third kappa shape index (κ3) is 15.5. The Morgan fingerprint density at radius 1 is 0.618 bits per heavy atom. The topological polar surface area (TPSA) is 221 Å². The molecule has 8 amide bonds. The lowest BCUT2D eigenvalue weighted by Crippen LogP contribution is -2.36. The molecule has 5 fully saturated rings. The Labute approximate surface area is 332 Å². The molecule has 55 heavy (non-hydrogen) atoms. The molecule has 6 atom stereocenters. The molecule has 6 unspecified atom stereocenters. The van der Waals surface area contributed by atoms with E-state index in [9.17, 15) is 38.4 Å². The molecule has 16 nitrogen and oxygen atoms in total. The normalized spacial score (nSPS) is 24.9. The number of hydroxylamine groups is 2. The highest BCUT2D eigenvalue weighted by Gasteiger charge is 2.43. The zero-order valence-electron chi connectivity index (χ0n) is 32.0.